The van der Waals surface area contributed by atoms with E-state index in [9.17, 15) is 22.7 Å². The number of hydrogen-bond acceptors (Lipinski definition) is 6. The fourth-order valence-corrected chi connectivity index (χ4v) is 7.11. The van der Waals surface area contributed by atoms with E-state index in [2.05, 4.69) is 4.98 Å². The zero-order valence-electron chi connectivity index (χ0n) is 24.0. The van der Waals surface area contributed by atoms with Gasteiger partial charge in [0.15, 0.2) is 5.69 Å². The zero-order valence-corrected chi connectivity index (χ0v) is 25.7. The van der Waals surface area contributed by atoms with Crippen LogP contribution in [0.25, 0.3) is 10.7 Å². The summed E-state index contributed by atoms with van der Waals surface area (Å²) in [5, 5.41) is 21.6. The van der Waals surface area contributed by atoms with Gasteiger partial charge < -0.3 is 5.11 Å². The predicted molar refractivity (Wildman–Crippen MR) is 164 cm³/mol. The molecule has 2 heterocycles. The average Bonchev–Trinajstić information content (AvgIpc) is 3.51. The van der Waals surface area contributed by atoms with Crippen molar-refractivity contribution in [2.45, 2.75) is 56.3 Å². The summed E-state index contributed by atoms with van der Waals surface area (Å²) < 4.78 is 55.7. The van der Waals surface area contributed by atoms with E-state index in [4.69, 9.17) is 10.2 Å². The summed E-state index contributed by atoms with van der Waals surface area (Å²) in [4.78, 5) is 15.4. The van der Waals surface area contributed by atoms with E-state index in [1.165, 1.54) is 17.5 Å². The van der Waals surface area contributed by atoms with Crippen molar-refractivity contribution in [1.29, 1.82) is 0 Å². The van der Waals surface area contributed by atoms with E-state index in [1.807, 2.05) is 38.1 Å². The summed E-state index contributed by atoms with van der Waals surface area (Å²) in [5.74, 6) is -2.05. The number of carbonyl (C=O) groups is 1. The third kappa shape index (κ3) is 5.89. The number of primary sulfonamides is 1. The van der Waals surface area contributed by atoms with Crippen molar-refractivity contribution in [2.75, 3.05) is 0 Å². The molecule has 0 saturated heterocycles. The number of allylic oxidation sites excluding steroid dienone is 4. The SMILES string of the molecule is Cc1cccc(C2=C(F)C=CC(C)(c3nn(-c4nc(C(=O)O)cs4)c(CC4CC4)c3Cc3ccc(S(N)(=O)=O)c(F)c3)C2)c1. The van der Waals surface area contributed by atoms with Crippen LogP contribution in [0.15, 0.2) is 70.7 Å². The first-order chi connectivity index (χ1) is 20.8. The van der Waals surface area contributed by atoms with Gasteiger partial charge in [-0.25, -0.2) is 36.8 Å². The highest BCUT2D eigenvalue weighted by atomic mass is 32.2. The smallest absolute Gasteiger partial charge is 0.355 e. The second kappa shape index (κ2) is 11.2. The third-order valence-electron chi connectivity index (χ3n) is 8.18. The highest BCUT2D eigenvalue weighted by molar-refractivity contribution is 7.89. The minimum atomic E-state index is -4.25. The largest absolute Gasteiger partial charge is 0.476 e. The Bertz CT molecular complexity index is 1970. The summed E-state index contributed by atoms with van der Waals surface area (Å²) in [6.07, 6.45) is 6.42. The van der Waals surface area contributed by atoms with Gasteiger partial charge in [0.2, 0.25) is 15.2 Å². The number of carboxylic acid groups (broad SMARTS) is 1. The maximum Gasteiger partial charge on any atom is 0.355 e. The number of benzene rings is 2. The fraction of sp³-hybridized carbons (Fsp3) is 0.281. The lowest BCUT2D eigenvalue weighted by Crippen LogP contribution is -2.25. The van der Waals surface area contributed by atoms with Crippen LogP contribution < -0.4 is 5.14 Å². The molecule has 4 aromatic rings. The van der Waals surface area contributed by atoms with Crippen molar-refractivity contribution in [3.05, 3.63) is 111 Å². The number of sulfonamides is 1. The minimum absolute atomic E-state index is 0.0999. The molecule has 1 fully saturated rings. The van der Waals surface area contributed by atoms with E-state index >= 15 is 4.39 Å². The molecule has 0 bridgehead atoms. The first-order valence-corrected chi connectivity index (χ1v) is 16.5. The number of nitrogens with zero attached hydrogens (tertiary/aromatic N) is 3. The van der Waals surface area contributed by atoms with Crippen molar-refractivity contribution in [1.82, 2.24) is 14.8 Å². The van der Waals surface area contributed by atoms with Crippen LogP contribution >= 0.6 is 11.3 Å². The summed E-state index contributed by atoms with van der Waals surface area (Å²) in [5.41, 5.74) is 4.14. The lowest BCUT2D eigenvalue weighted by atomic mass is 9.73. The number of thiazole rings is 1. The van der Waals surface area contributed by atoms with Crippen LogP contribution in [0.4, 0.5) is 8.78 Å². The van der Waals surface area contributed by atoms with Crippen LogP contribution in [0.2, 0.25) is 0 Å². The normalized spacial score (nSPS) is 18.7. The van der Waals surface area contributed by atoms with Gasteiger partial charge in [-0.1, -0.05) is 48.9 Å². The van der Waals surface area contributed by atoms with Crippen LogP contribution in [-0.4, -0.2) is 34.3 Å². The molecule has 8 nitrogen and oxygen atoms in total. The lowest BCUT2D eigenvalue weighted by molar-refractivity contribution is 0.0691. The highest BCUT2D eigenvalue weighted by Gasteiger charge is 2.38. The molecule has 1 saturated carbocycles. The van der Waals surface area contributed by atoms with E-state index in [1.54, 1.807) is 10.8 Å². The molecule has 1 unspecified atom stereocenters. The molecule has 2 aromatic carbocycles. The van der Waals surface area contributed by atoms with E-state index < -0.39 is 32.1 Å². The highest BCUT2D eigenvalue weighted by Crippen LogP contribution is 2.45. The van der Waals surface area contributed by atoms with Crippen molar-refractivity contribution in [2.24, 2.45) is 11.1 Å². The summed E-state index contributed by atoms with van der Waals surface area (Å²) in [6.45, 7) is 3.92. The van der Waals surface area contributed by atoms with Gasteiger partial charge in [-0.15, -0.1) is 11.3 Å². The Hall–Kier alpha value is -4.00. The molecule has 2 aliphatic rings. The third-order valence-corrected chi connectivity index (χ3v) is 9.94. The van der Waals surface area contributed by atoms with Crippen LogP contribution in [0, 0.1) is 18.7 Å². The van der Waals surface area contributed by atoms with Gasteiger partial charge in [0.25, 0.3) is 0 Å². The van der Waals surface area contributed by atoms with Crippen molar-refractivity contribution in [3.8, 4) is 5.13 Å². The summed E-state index contributed by atoms with van der Waals surface area (Å²) in [7, 11) is -4.25. The number of carboxylic acids is 1. The fourth-order valence-electron chi connectivity index (χ4n) is 5.75. The van der Waals surface area contributed by atoms with Gasteiger partial charge in [0.05, 0.1) is 11.4 Å². The quantitative estimate of drug-likeness (QED) is 0.223. The lowest BCUT2D eigenvalue weighted by Gasteiger charge is -2.30. The predicted octanol–water partition coefficient (Wildman–Crippen LogP) is 6.26. The standard InChI is InChI=1S/C32H30F2N4O4S2/c1-18-4-3-5-21(12-18)23-16-32(2,11-10-24(23)33)29-22(13-20-8-9-28(25(34)14-20)44(35,41)42)27(15-19-6-7-19)38(37-29)31-36-26(17-43-31)30(39)40/h3-5,8-12,14,17,19H,6-7,13,15-16H2,1-2H3,(H,39,40)(H2,35,41,42). The second-order valence-corrected chi connectivity index (χ2v) is 14.1. The molecule has 3 N–H and O–H groups in total. The van der Waals surface area contributed by atoms with Gasteiger partial charge >= 0.3 is 5.97 Å². The molecule has 228 valence electrons. The number of aromatic nitrogens is 3. The van der Waals surface area contributed by atoms with E-state index in [0.717, 1.165) is 58.7 Å². The molecule has 1 atom stereocenters. The van der Waals surface area contributed by atoms with Gasteiger partial charge in [-0.2, -0.15) is 5.10 Å². The first kappa shape index (κ1) is 30.0. The van der Waals surface area contributed by atoms with Gasteiger partial charge in [0.1, 0.15) is 16.5 Å². The van der Waals surface area contributed by atoms with E-state index in [-0.39, 0.29) is 17.9 Å². The summed E-state index contributed by atoms with van der Waals surface area (Å²) >= 11 is 1.15. The van der Waals surface area contributed by atoms with Crippen molar-refractivity contribution < 1.29 is 27.1 Å². The van der Waals surface area contributed by atoms with Gasteiger partial charge in [0, 0.05) is 22.8 Å². The minimum Gasteiger partial charge on any atom is -0.476 e. The zero-order chi connectivity index (χ0) is 31.4. The number of aryl methyl sites for hydroxylation is 1. The molecule has 44 heavy (non-hydrogen) atoms. The molecule has 6 rings (SSSR count). The average molecular weight is 637 g/mol. The second-order valence-electron chi connectivity index (χ2n) is 11.8. The summed E-state index contributed by atoms with van der Waals surface area (Å²) in [6, 6.07) is 11.5. The van der Waals surface area contributed by atoms with Crippen molar-refractivity contribution in [3.63, 3.8) is 0 Å². The molecular formula is C32H30F2N4O4S2. The van der Waals surface area contributed by atoms with E-state index in [0.29, 0.717) is 40.7 Å². The first-order valence-electron chi connectivity index (χ1n) is 14.1. The molecule has 0 radical (unpaired) electrons. The number of nitrogens with two attached hydrogens (primary N) is 1. The van der Waals surface area contributed by atoms with Crippen LogP contribution in [0.5, 0.6) is 0 Å². The molecule has 2 aromatic heterocycles. The molecule has 2 aliphatic carbocycles. The maximum atomic E-state index is 15.4. The number of aromatic carboxylic acids is 1. The van der Waals surface area contributed by atoms with Gasteiger partial charge in [-0.05, 0) is 73.4 Å². The Balaban J connectivity index is 1.52. The Morgan fingerprint density at radius 3 is 2.61 bits per heavy atom. The Labute approximate surface area is 257 Å². The molecule has 0 amide bonds. The van der Waals surface area contributed by atoms with Crippen LogP contribution in [0.3, 0.4) is 0 Å². The van der Waals surface area contributed by atoms with Crippen LogP contribution in [-0.2, 0) is 28.3 Å². The van der Waals surface area contributed by atoms with Crippen molar-refractivity contribution >= 4 is 32.9 Å². The number of rotatable bonds is 9. The Kier molecular flexibility index (Phi) is 7.63. The monoisotopic (exact) mass is 636 g/mol. The molecule has 0 aliphatic heterocycles. The molecular weight excluding hydrogens is 607 g/mol. The maximum absolute atomic E-state index is 15.4. The Morgan fingerprint density at radius 1 is 1.20 bits per heavy atom. The Morgan fingerprint density at radius 2 is 1.98 bits per heavy atom. The number of hydrogen-bond donors (Lipinski definition) is 2. The van der Waals surface area contributed by atoms with Crippen LogP contribution in [0.1, 0.15) is 70.3 Å². The molecule has 0 spiro atoms. The van der Waals surface area contributed by atoms with Gasteiger partial charge in [-0.3, -0.25) is 0 Å². The topological polar surface area (TPSA) is 128 Å². The molecule has 12 heteroatoms. The number of halogens is 2.